The van der Waals surface area contributed by atoms with Crippen LogP contribution in [0.25, 0.3) is 0 Å². The highest BCUT2D eigenvalue weighted by atomic mass is 16.2. The molecule has 1 heterocycles. The molecule has 1 saturated heterocycles. The van der Waals surface area contributed by atoms with Gasteiger partial charge in [0.1, 0.15) is 0 Å². The third-order valence-electron chi connectivity index (χ3n) is 4.03. The molecule has 1 aromatic rings. The predicted octanol–water partition coefficient (Wildman–Crippen LogP) is 1.78. The maximum absolute atomic E-state index is 11.7. The summed E-state index contributed by atoms with van der Waals surface area (Å²) >= 11 is 0. The summed E-state index contributed by atoms with van der Waals surface area (Å²) in [4.78, 5) is 24.9. The number of aryl methyl sites for hydroxylation is 1. The Morgan fingerprint density at radius 3 is 2.48 bits per heavy atom. The van der Waals surface area contributed by atoms with E-state index in [9.17, 15) is 9.59 Å². The molecule has 0 aromatic heterocycles. The van der Waals surface area contributed by atoms with Gasteiger partial charge in [0.25, 0.3) is 5.91 Å². The molecule has 1 aliphatic heterocycles. The van der Waals surface area contributed by atoms with E-state index in [4.69, 9.17) is 0 Å². The van der Waals surface area contributed by atoms with Crippen molar-refractivity contribution in [2.24, 2.45) is 0 Å². The summed E-state index contributed by atoms with van der Waals surface area (Å²) in [5, 5.41) is 6.15. The van der Waals surface area contributed by atoms with Gasteiger partial charge in [0.15, 0.2) is 0 Å². The molecule has 114 valence electrons. The van der Waals surface area contributed by atoms with Gasteiger partial charge in [-0.25, -0.2) is 0 Å². The van der Waals surface area contributed by atoms with Gasteiger partial charge in [0.2, 0.25) is 5.91 Å². The summed E-state index contributed by atoms with van der Waals surface area (Å²) < 4.78 is 0. The van der Waals surface area contributed by atoms with Gasteiger partial charge in [-0.1, -0.05) is 6.07 Å². The smallest absolute Gasteiger partial charge is 0.251 e. The van der Waals surface area contributed by atoms with E-state index in [0.717, 1.165) is 37.2 Å². The molecule has 0 unspecified atom stereocenters. The van der Waals surface area contributed by atoms with Gasteiger partial charge in [-0.05, 0) is 37.5 Å². The second-order valence-corrected chi connectivity index (χ2v) is 5.53. The zero-order chi connectivity index (χ0) is 15.4. The average molecular weight is 289 g/mol. The van der Waals surface area contributed by atoms with Crippen LogP contribution in [0.3, 0.4) is 0 Å². The van der Waals surface area contributed by atoms with Gasteiger partial charge in [-0.15, -0.1) is 0 Å². The minimum Gasteiger partial charge on any atom is -0.382 e. The van der Waals surface area contributed by atoms with Crippen molar-refractivity contribution in [3.05, 3.63) is 29.3 Å². The minimum atomic E-state index is -0.0792. The first-order chi connectivity index (χ1) is 10.0. The van der Waals surface area contributed by atoms with E-state index in [2.05, 4.69) is 10.6 Å². The molecule has 5 heteroatoms. The fourth-order valence-electron chi connectivity index (χ4n) is 2.62. The van der Waals surface area contributed by atoms with E-state index >= 15 is 0 Å². The molecule has 5 nitrogen and oxygen atoms in total. The monoisotopic (exact) mass is 289 g/mol. The standard InChI is InChI=1S/C16H23N3O2/c1-11-4-5-13(16(21)17-3)10-15(11)18-14-6-8-19(9-7-14)12(2)20/h4-5,10,14,18H,6-9H2,1-3H3,(H,17,21). The fourth-order valence-corrected chi connectivity index (χ4v) is 2.62. The van der Waals surface area contributed by atoms with Crippen LogP contribution in [-0.4, -0.2) is 42.9 Å². The molecular formula is C16H23N3O2. The maximum atomic E-state index is 11.7. The molecule has 0 radical (unpaired) electrons. The van der Waals surface area contributed by atoms with Crippen molar-refractivity contribution < 1.29 is 9.59 Å². The molecule has 2 N–H and O–H groups in total. The molecule has 1 aromatic carbocycles. The Bertz CT molecular complexity index is 534. The van der Waals surface area contributed by atoms with E-state index < -0.39 is 0 Å². The fraction of sp³-hybridized carbons (Fsp3) is 0.500. The van der Waals surface area contributed by atoms with Gasteiger partial charge in [-0.3, -0.25) is 9.59 Å². The van der Waals surface area contributed by atoms with Gasteiger partial charge in [-0.2, -0.15) is 0 Å². The highest BCUT2D eigenvalue weighted by molar-refractivity contribution is 5.95. The predicted molar refractivity (Wildman–Crippen MR) is 83.5 cm³/mol. The largest absolute Gasteiger partial charge is 0.382 e. The van der Waals surface area contributed by atoms with Crippen LogP contribution in [0.1, 0.15) is 35.7 Å². The summed E-state index contributed by atoms with van der Waals surface area (Å²) in [7, 11) is 1.63. The Kier molecular flexibility index (Phi) is 4.83. The van der Waals surface area contributed by atoms with Gasteiger partial charge in [0, 0.05) is 44.4 Å². The van der Waals surface area contributed by atoms with Crippen LogP contribution in [0, 0.1) is 6.92 Å². The Labute approximate surface area is 125 Å². The molecule has 0 aliphatic carbocycles. The topological polar surface area (TPSA) is 61.4 Å². The number of amides is 2. The van der Waals surface area contributed by atoms with Crippen LogP contribution < -0.4 is 10.6 Å². The number of hydrogen-bond donors (Lipinski definition) is 2. The second kappa shape index (κ2) is 6.61. The van der Waals surface area contributed by atoms with Crippen molar-refractivity contribution in [1.29, 1.82) is 0 Å². The molecule has 0 bridgehead atoms. The average Bonchev–Trinajstić information content (AvgIpc) is 2.49. The first-order valence-corrected chi connectivity index (χ1v) is 7.36. The third-order valence-corrected chi connectivity index (χ3v) is 4.03. The van der Waals surface area contributed by atoms with Crippen LogP contribution in [0.4, 0.5) is 5.69 Å². The molecule has 0 saturated carbocycles. The lowest BCUT2D eigenvalue weighted by Gasteiger charge is -2.32. The van der Waals surface area contributed by atoms with Crippen LogP contribution in [0.15, 0.2) is 18.2 Å². The molecule has 1 fully saturated rings. The van der Waals surface area contributed by atoms with Crippen molar-refractivity contribution in [1.82, 2.24) is 10.2 Å². The summed E-state index contributed by atoms with van der Waals surface area (Å²) in [6.07, 6.45) is 1.87. The van der Waals surface area contributed by atoms with Crippen molar-refractivity contribution in [2.45, 2.75) is 32.7 Å². The molecule has 21 heavy (non-hydrogen) atoms. The summed E-state index contributed by atoms with van der Waals surface area (Å²) in [5.74, 6) is 0.0655. The van der Waals surface area contributed by atoms with E-state index in [1.807, 2.05) is 30.0 Å². The number of rotatable bonds is 3. The molecule has 0 spiro atoms. The zero-order valence-electron chi connectivity index (χ0n) is 12.9. The molecule has 2 amide bonds. The van der Waals surface area contributed by atoms with E-state index in [-0.39, 0.29) is 11.8 Å². The first kappa shape index (κ1) is 15.4. The van der Waals surface area contributed by atoms with Crippen molar-refractivity contribution in [2.75, 3.05) is 25.5 Å². The summed E-state index contributed by atoms with van der Waals surface area (Å²) in [6, 6.07) is 6.03. The van der Waals surface area contributed by atoms with E-state index in [1.54, 1.807) is 14.0 Å². The third kappa shape index (κ3) is 3.74. The first-order valence-electron chi connectivity index (χ1n) is 7.36. The highest BCUT2D eigenvalue weighted by Gasteiger charge is 2.21. The van der Waals surface area contributed by atoms with Gasteiger partial charge in [0.05, 0.1) is 0 Å². The van der Waals surface area contributed by atoms with Crippen LogP contribution in [0.2, 0.25) is 0 Å². The minimum absolute atomic E-state index is 0.0792. The lowest BCUT2D eigenvalue weighted by Crippen LogP contribution is -2.41. The van der Waals surface area contributed by atoms with Crippen LogP contribution in [0.5, 0.6) is 0 Å². The number of nitrogens with zero attached hydrogens (tertiary/aromatic N) is 1. The highest BCUT2D eigenvalue weighted by Crippen LogP contribution is 2.21. The second-order valence-electron chi connectivity index (χ2n) is 5.53. The Hall–Kier alpha value is -2.04. The number of nitrogens with one attached hydrogen (secondary N) is 2. The van der Waals surface area contributed by atoms with Crippen LogP contribution in [-0.2, 0) is 4.79 Å². The maximum Gasteiger partial charge on any atom is 0.251 e. The molecule has 0 atom stereocenters. The Morgan fingerprint density at radius 2 is 1.90 bits per heavy atom. The zero-order valence-corrected chi connectivity index (χ0v) is 12.9. The van der Waals surface area contributed by atoms with Crippen molar-refractivity contribution >= 4 is 17.5 Å². The number of benzene rings is 1. The molecule has 1 aliphatic rings. The summed E-state index contributed by atoms with van der Waals surface area (Å²) in [6.45, 7) is 5.23. The lowest BCUT2D eigenvalue weighted by molar-refractivity contribution is -0.129. The van der Waals surface area contributed by atoms with E-state index in [0.29, 0.717) is 11.6 Å². The number of likely N-dealkylation sites (tertiary alicyclic amines) is 1. The number of hydrogen-bond acceptors (Lipinski definition) is 3. The molecular weight excluding hydrogens is 266 g/mol. The van der Waals surface area contributed by atoms with Crippen molar-refractivity contribution in [3.8, 4) is 0 Å². The normalized spacial score (nSPS) is 15.7. The lowest BCUT2D eigenvalue weighted by atomic mass is 10.0. The van der Waals surface area contributed by atoms with Gasteiger partial charge < -0.3 is 15.5 Å². The summed E-state index contributed by atoms with van der Waals surface area (Å²) in [5.41, 5.74) is 2.78. The Morgan fingerprint density at radius 1 is 1.24 bits per heavy atom. The number of piperidine rings is 1. The SMILES string of the molecule is CNC(=O)c1ccc(C)c(NC2CCN(C(C)=O)CC2)c1. The van der Waals surface area contributed by atoms with Crippen molar-refractivity contribution in [3.63, 3.8) is 0 Å². The number of carbonyl (C=O) groups excluding carboxylic acids is 2. The number of carbonyl (C=O) groups is 2. The van der Waals surface area contributed by atoms with Gasteiger partial charge >= 0.3 is 0 Å². The number of anilines is 1. The quantitative estimate of drug-likeness (QED) is 0.891. The molecule has 2 rings (SSSR count). The van der Waals surface area contributed by atoms with Crippen LogP contribution >= 0.6 is 0 Å². The van der Waals surface area contributed by atoms with E-state index in [1.165, 1.54) is 0 Å². The Balaban J connectivity index is 2.03.